The molecule has 0 N–H and O–H groups in total. The third-order valence-corrected chi connectivity index (χ3v) is 5.54. The normalized spacial score (nSPS) is 11.3. The molecular formula is C26H15ClN4O. The number of hydrogen-bond donors (Lipinski definition) is 0. The lowest BCUT2D eigenvalue weighted by Crippen LogP contribution is -2.01. The molecule has 0 saturated heterocycles. The summed E-state index contributed by atoms with van der Waals surface area (Å²) in [6.07, 6.45) is 1.58. The molecule has 6 aromatic rings. The predicted octanol–water partition coefficient (Wildman–Crippen LogP) is 6.82. The Morgan fingerprint density at radius 1 is 0.625 bits per heavy atom. The lowest BCUT2D eigenvalue weighted by atomic mass is 10.1. The minimum absolute atomic E-state index is 0.445. The van der Waals surface area contributed by atoms with Crippen molar-refractivity contribution in [1.82, 2.24) is 19.9 Å². The number of benzene rings is 3. The van der Waals surface area contributed by atoms with Gasteiger partial charge in [0.25, 0.3) is 0 Å². The van der Waals surface area contributed by atoms with Gasteiger partial charge in [0, 0.05) is 16.5 Å². The van der Waals surface area contributed by atoms with Gasteiger partial charge in [0.05, 0.1) is 11.6 Å². The minimum atomic E-state index is 0.445. The van der Waals surface area contributed by atoms with Gasteiger partial charge in [-0.25, -0.2) is 15.0 Å². The van der Waals surface area contributed by atoms with E-state index in [9.17, 15) is 0 Å². The van der Waals surface area contributed by atoms with Crippen molar-refractivity contribution in [2.45, 2.75) is 0 Å². The van der Waals surface area contributed by atoms with Crippen LogP contribution in [-0.4, -0.2) is 19.9 Å². The van der Waals surface area contributed by atoms with Gasteiger partial charge in [-0.3, -0.25) is 4.98 Å². The molecule has 0 bridgehead atoms. The van der Waals surface area contributed by atoms with Gasteiger partial charge in [-0.2, -0.15) is 0 Å². The fourth-order valence-corrected chi connectivity index (χ4v) is 3.96. The van der Waals surface area contributed by atoms with Crippen molar-refractivity contribution in [3.05, 3.63) is 96.1 Å². The van der Waals surface area contributed by atoms with Crippen LogP contribution in [0.2, 0.25) is 5.02 Å². The Labute approximate surface area is 188 Å². The SMILES string of the molecule is Clc1cnc(-c2nc(-c3ccccc3)nc(-c3ccccc3)n2)c2c1oc1ccccc12. The van der Waals surface area contributed by atoms with E-state index < -0.39 is 0 Å². The van der Waals surface area contributed by atoms with E-state index in [-0.39, 0.29) is 0 Å². The summed E-state index contributed by atoms with van der Waals surface area (Å²) >= 11 is 6.43. The number of fused-ring (bicyclic) bond motifs is 3. The Balaban J connectivity index is 1.67. The number of aromatic nitrogens is 4. The largest absolute Gasteiger partial charge is 0.454 e. The minimum Gasteiger partial charge on any atom is -0.454 e. The molecule has 0 atom stereocenters. The molecule has 0 saturated carbocycles. The monoisotopic (exact) mass is 434 g/mol. The summed E-state index contributed by atoms with van der Waals surface area (Å²) in [6, 6.07) is 27.5. The molecule has 5 nitrogen and oxygen atoms in total. The molecule has 0 fully saturated rings. The average molecular weight is 435 g/mol. The Bertz CT molecular complexity index is 1520. The number of nitrogens with zero attached hydrogens (tertiary/aromatic N) is 4. The van der Waals surface area contributed by atoms with Crippen LogP contribution in [0.3, 0.4) is 0 Å². The summed E-state index contributed by atoms with van der Waals surface area (Å²) < 4.78 is 6.03. The van der Waals surface area contributed by atoms with Gasteiger partial charge in [0.1, 0.15) is 16.3 Å². The third-order valence-electron chi connectivity index (χ3n) is 5.27. The fraction of sp³-hybridized carbons (Fsp3) is 0. The van der Waals surface area contributed by atoms with E-state index in [1.54, 1.807) is 6.20 Å². The van der Waals surface area contributed by atoms with E-state index in [2.05, 4.69) is 4.98 Å². The second-order valence-electron chi connectivity index (χ2n) is 7.30. The summed E-state index contributed by atoms with van der Waals surface area (Å²) in [5.74, 6) is 1.62. The number of furan rings is 1. The molecule has 0 aliphatic heterocycles. The Hall–Kier alpha value is -4.09. The van der Waals surface area contributed by atoms with Crippen molar-refractivity contribution in [2.75, 3.05) is 0 Å². The van der Waals surface area contributed by atoms with E-state index in [1.807, 2.05) is 84.9 Å². The number of pyridine rings is 1. The van der Waals surface area contributed by atoms with Crippen molar-refractivity contribution in [1.29, 1.82) is 0 Å². The van der Waals surface area contributed by atoms with E-state index >= 15 is 0 Å². The Kier molecular flexibility index (Phi) is 4.40. The van der Waals surface area contributed by atoms with Crippen LogP contribution in [0.5, 0.6) is 0 Å². The van der Waals surface area contributed by atoms with Crippen molar-refractivity contribution < 1.29 is 4.42 Å². The lowest BCUT2D eigenvalue weighted by Gasteiger charge is -2.08. The zero-order chi connectivity index (χ0) is 21.5. The number of hydrogen-bond acceptors (Lipinski definition) is 5. The van der Waals surface area contributed by atoms with Crippen LogP contribution in [0.4, 0.5) is 0 Å². The second-order valence-corrected chi connectivity index (χ2v) is 7.70. The zero-order valence-corrected chi connectivity index (χ0v) is 17.5. The third kappa shape index (κ3) is 3.11. The lowest BCUT2D eigenvalue weighted by molar-refractivity contribution is 0.668. The van der Waals surface area contributed by atoms with E-state index in [0.717, 1.165) is 27.5 Å². The topological polar surface area (TPSA) is 64.7 Å². The van der Waals surface area contributed by atoms with Crippen LogP contribution in [0, 0.1) is 0 Å². The van der Waals surface area contributed by atoms with Crippen LogP contribution in [0.1, 0.15) is 0 Å². The molecule has 3 aromatic heterocycles. The first-order chi connectivity index (χ1) is 15.8. The summed E-state index contributed by atoms with van der Waals surface area (Å²) in [6.45, 7) is 0. The van der Waals surface area contributed by atoms with Crippen molar-refractivity contribution in [3.63, 3.8) is 0 Å². The molecule has 0 spiro atoms. The molecule has 0 unspecified atom stereocenters. The first-order valence-electron chi connectivity index (χ1n) is 10.1. The van der Waals surface area contributed by atoms with Crippen molar-refractivity contribution in [3.8, 4) is 34.3 Å². The second kappa shape index (κ2) is 7.55. The zero-order valence-electron chi connectivity index (χ0n) is 16.7. The quantitative estimate of drug-likeness (QED) is 0.305. The summed E-state index contributed by atoms with van der Waals surface area (Å²) in [5, 5.41) is 2.15. The maximum Gasteiger partial charge on any atom is 0.183 e. The van der Waals surface area contributed by atoms with E-state index in [0.29, 0.717) is 33.8 Å². The number of rotatable bonds is 3. The molecule has 0 aliphatic rings. The smallest absolute Gasteiger partial charge is 0.183 e. The van der Waals surface area contributed by atoms with Crippen LogP contribution in [-0.2, 0) is 0 Å². The van der Waals surface area contributed by atoms with Crippen molar-refractivity contribution >= 4 is 33.5 Å². The highest BCUT2D eigenvalue weighted by Crippen LogP contribution is 2.38. The molecule has 152 valence electrons. The van der Waals surface area contributed by atoms with Gasteiger partial charge in [-0.15, -0.1) is 0 Å². The van der Waals surface area contributed by atoms with Crippen LogP contribution in [0.15, 0.2) is 95.5 Å². The predicted molar refractivity (Wildman–Crippen MR) is 126 cm³/mol. The van der Waals surface area contributed by atoms with E-state index in [1.165, 1.54) is 0 Å². The molecule has 6 heteroatoms. The average Bonchev–Trinajstić information content (AvgIpc) is 3.26. The number of para-hydroxylation sites is 1. The molecule has 0 aliphatic carbocycles. The first-order valence-corrected chi connectivity index (χ1v) is 10.5. The summed E-state index contributed by atoms with van der Waals surface area (Å²) in [7, 11) is 0. The Morgan fingerprint density at radius 3 is 1.84 bits per heavy atom. The molecule has 3 heterocycles. The van der Waals surface area contributed by atoms with Crippen LogP contribution in [0.25, 0.3) is 56.2 Å². The van der Waals surface area contributed by atoms with Crippen LogP contribution >= 0.6 is 11.6 Å². The van der Waals surface area contributed by atoms with Crippen molar-refractivity contribution in [2.24, 2.45) is 0 Å². The first kappa shape index (κ1) is 18.7. The fourth-order valence-electron chi connectivity index (χ4n) is 3.78. The summed E-state index contributed by atoms with van der Waals surface area (Å²) in [5.41, 5.74) is 3.71. The van der Waals surface area contributed by atoms with Gasteiger partial charge >= 0.3 is 0 Å². The maximum atomic E-state index is 6.43. The standard InChI is InChI=1S/C26H15ClN4O/c27-19-15-28-22(21-18-13-7-8-14-20(18)32-23(19)21)26-30-24(16-9-3-1-4-10-16)29-25(31-26)17-11-5-2-6-12-17/h1-15H. The van der Waals surface area contributed by atoms with Gasteiger partial charge < -0.3 is 4.42 Å². The molecule has 3 aromatic carbocycles. The van der Waals surface area contributed by atoms with Gasteiger partial charge in [-0.1, -0.05) is 90.5 Å². The summed E-state index contributed by atoms with van der Waals surface area (Å²) in [4.78, 5) is 19.0. The molecular weight excluding hydrogens is 420 g/mol. The van der Waals surface area contributed by atoms with E-state index in [4.69, 9.17) is 31.0 Å². The van der Waals surface area contributed by atoms with Gasteiger partial charge in [0.15, 0.2) is 23.1 Å². The maximum absolute atomic E-state index is 6.43. The number of halogens is 1. The molecule has 32 heavy (non-hydrogen) atoms. The highest BCUT2D eigenvalue weighted by atomic mass is 35.5. The Morgan fingerprint density at radius 2 is 1.19 bits per heavy atom. The van der Waals surface area contributed by atoms with Gasteiger partial charge in [0.2, 0.25) is 0 Å². The van der Waals surface area contributed by atoms with Gasteiger partial charge in [-0.05, 0) is 6.07 Å². The van der Waals surface area contributed by atoms with Crippen LogP contribution < -0.4 is 0 Å². The highest BCUT2D eigenvalue weighted by molar-refractivity contribution is 6.36. The molecule has 0 amide bonds. The molecule has 6 rings (SSSR count). The highest BCUT2D eigenvalue weighted by Gasteiger charge is 2.20. The molecule has 0 radical (unpaired) electrons.